The van der Waals surface area contributed by atoms with Gasteiger partial charge in [0.15, 0.2) is 0 Å². The van der Waals surface area contributed by atoms with E-state index in [-0.39, 0.29) is 0 Å². The van der Waals surface area contributed by atoms with E-state index in [9.17, 15) is 0 Å². The van der Waals surface area contributed by atoms with E-state index in [1.165, 1.54) is 0 Å². The molecule has 0 aliphatic heterocycles. The molecule has 1 N–H and O–H groups in total. The quantitative estimate of drug-likeness (QED) is 0.760. The molecule has 2 nitrogen and oxygen atoms in total. The number of aryl methyl sites for hydroxylation is 1. The second kappa shape index (κ2) is 5.89. The summed E-state index contributed by atoms with van der Waals surface area (Å²) < 4.78 is 5.60. The Labute approximate surface area is 90.2 Å². The van der Waals surface area contributed by atoms with Crippen LogP contribution in [-0.2, 0) is 0 Å². The molecule has 1 rings (SSSR count). The van der Waals surface area contributed by atoms with Crippen LogP contribution in [-0.4, -0.2) is 20.2 Å². The van der Waals surface area contributed by atoms with Gasteiger partial charge in [0.25, 0.3) is 0 Å². The van der Waals surface area contributed by atoms with Crippen LogP contribution in [0.5, 0.6) is 5.75 Å². The van der Waals surface area contributed by atoms with Crippen molar-refractivity contribution in [3.63, 3.8) is 0 Å². The molecule has 1 aromatic rings. The van der Waals surface area contributed by atoms with Crippen molar-refractivity contribution in [2.45, 2.75) is 13.3 Å². The fourth-order valence-electron chi connectivity index (χ4n) is 1.16. The van der Waals surface area contributed by atoms with E-state index in [1.54, 1.807) is 0 Å². The summed E-state index contributed by atoms with van der Waals surface area (Å²) in [6.45, 7) is 3.71. The van der Waals surface area contributed by atoms with Crippen LogP contribution in [0.4, 0.5) is 0 Å². The van der Waals surface area contributed by atoms with E-state index in [0.717, 1.165) is 35.9 Å². The van der Waals surface area contributed by atoms with Gasteiger partial charge in [0, 0.05) is 5.02 Å². The standard InChI is InChI=1S/C11H16ClNO/c1-9-4-5-10(12)8-11(9)14-7-3-6-13-2/h4-5,8,13H,3,6-7H2,1-2H3. The van der Waals surface area contributed by atoms with E-state index in [4.69, 9.17) is 16.3 Å². The van der Waals surface area contributed by atoms with Gasteiger partial charge >= 0.3 is 0 Å². The largest absolute Gasteiger partial charge is 0.493 e. The summed E-state index contributed by atoms with van der Waals surface area (Å²) in [5.74, 6) is 0.883. The maximum Gasteiger partial charge on any atom is 0.123 e. The molecular weight excluding hydrogens is 198 g/mol. The van der Waals surface area contributed by atoms with Gasteiger partial charge in [0.2, 0.25) is 0 Å². The van der Waals surface area contributed by atoms with Gasteiger partial charge in [-0.15, -0.1) is 0 Å². The zero-order valence-electron chi connectivity index (χ0n) is 8.64. The first-order valence-corrected chi connectivity index (χ1v) is 5.15. The van der Waals surface area contributed by atoms with Crippen molar-refractivity contribution < 1.29 is 4.74 Å². The third-order valence-corrected chi connectivity index (χ3v) is 2.21. The van der Waals surface area contributed by atoms with Crippen LogP contribution in [0.2, 0.25) is 5.02 Å². The van der Waals surface area contributed by atoms with Gasteiger partial charge in [-0.25, -0.2) is 0 Å². The van der Waals surface area contributed by atoms with Crippen LogP contribution in [0.3, 0.4) is 0 Å². The Morgan fingerprint density at radius 2 is 2.21 bits per heavy atom. The van der Waals surface area contributed by atoms with Gasteiger partial charge in [-0.05, 0) is 44.6 Å². The van der Waals surface area contributed by atoms with E-state index in [2.05, 4.69) is 5.32 Å². The molecule has 0 saturated carbocycles. The second-order valence-electron chi connectivity index (χ2n) is 3.22. The minimum atomic E-state index is 0.721. The third kappa shape index (κ3) is 3.56. The van der Waals surface area contributed by atoms with Crippen molar-refractivity contribution in [2.24, 2.45) is 0 Å². The zero-order chi connectivity index (χ0) is 10.4. The molecule has 0 aromatic heterocycles. The first kappa shape index (κ1) is 11.3. The summed E-state index contributed by atoms with van der Waals surface area (Å²) in [4.78, 5) is 0. The Morgan fingerprint density at radius 3 is 2.93 bits per heavy atom. The van der Waals surface area contributed by atoms with Crippen molar-refractivity contribution in [3.8, 4) is 5.75 Å². The number of benzene rings is 1. The lowest BCUT2D eigenvalue weighted by atomic mass is 10.2. The number of hydrogen-bond acceptors (Lipinski definition) is 2. The Hall–Kier alpha value is -0.730. The average Bonchev–Trinajstić information content (AvgIpc) is 2.18. The topological polar surface area (TPSA) is 21.3 Å². The smallest absolute Gasteiger partial charge is 0.123 e. The molecule has 0 amide bonds. The number of ether oxygens (including phenoxy) is 1. The van der Waals surface area contributed by atoms with E-state index in [0.29, 0.717) is 0 Å². The van der Waals surface area contributed by atoms with Crippen molar-refractivity contribution in [1.82, 2.24) is 5.32 Å². The summed E-state index contributed by atoms with van der Waals surface area (Å²) in [6.07, 6.45) is 1.00. The normalized spacial score (nSPS) is 10.2. The first-order valence-electron chi connectivity index (χ1n) is 4.77. The number of nitrogens with one attached hydrogen (secondary N) is 1. The molecule has 78 valence electrons. The predicted molar refractivity (Wildman–Crippen MR) is 60.2 cm³/mol. The van der Waals surface area contributed by atoms with Crippen molar-refractivity contribution >= 4 is 11.6 Å². The lowest BCUT2D eigenvalue weighted by Gasteiger charge is -2.08. The summed E-state index contributed by atoms with van der Waals surface area (Å²) >= 11 is 5.86. The van der Waals surface area contributed by atoms with E-state index in [1.807, 2.05) is 32.2 Å². The number of hydrogen-bond donors (Lipinski definition) is 1. The minimum absolute atomic E-state index is 0.721. The second-order valence-corrected chi connectivity index (χ2v) is 3.65. The lowest BCUT2D eigenvalue weighted by molar-refractivity contribution is 0.308. The van der Waals surface area contributed by atoms with Crippen LogP contribution in [0.15, 0.2) is 18.2 Å². The Bertz CT molecular complexity index is 289. The fraction of sp³-hybridized carbons (Fsp3) is 0.455. The average molecular weight is 214 g/mol. The van der Waals surface area contributed by atoms with Crippen LogP contribution in [0.25, 0.3) is 0 Å². The van der Waals surface area contributed by atoms with Crippen LogP contribution >= 0.6 is 11.6 Å². The molecule has 14 heavy (non-hydrogen) atoms. The lowest BCUT2D eigenvalue weighted by Crippen LogP contribution is -2.11. The Balaban J connectivity index is 2.45. The molecule has 0 aliphatic rings. The fourth-order valence-corrected chi connectivity index (χ4v) is 1.32. The van der Waals surface area contributed by atoms with Gasteiger partial charge in [-0.2, -0.15) is 0 Å². The third-order valence-electron chi connectivity index (χ3n) is 1.98. The molecule has 3 heteroatoms. The maximum atomic E-state index is 5.86. The summed E-state index contributed by atoms with van der Waals surface area (Å²) in [7, 11) is 1.94. The zero-order valence-corrected chi connectivity index (χ0v) is 9.40. The Kier molecular flexibility index (Phi) is 4.77. The highest BCUT2D eigenvalue weighted by atomic mass is 35.5. The molecule has 0 fully saturated rings. The molecule has 0 heterocycles. The molecule has 0 spiro atoms. The monoisotopic (exact) mass is 213 g/mol. The van der Waals surface area contributed by atoms with Crippen LogP contribution < -0.4 is 10.1 Å². The highest BCUT2D eigenvalue weighted by Crippen LogP contribution is 2.22. The van der Waals surface area contributed by atoms with Gasteiger partial charge in [-0.3, -0.25) is 0 Å². The molecule has 0 saturated heterocycles. The summed E-state index contributed by atoms with van der Waals surface area (Å²) in [6, 6.07) is 5.70. The van der Waals surface area contributed by atoms with E-state index >= 15 is 0 Å². The molecule has 0 radical (unpaired) electrons. The van der Waals surface area contributed by atoms with Crippen LogP contribution in [0.1, 0.15) is 12.0 Å². The predicted octanol–water partition coefficient (Wildman–Crippen LogP) is 2.64. The Morgan fingerprint density at radius 1 is 1.43 bits per heavy atom. The first-order chi connectivity index (χ1) is 6.74. The molecule has 0 atom stereocenters. The van der Waals surface area contributed by atoms with E-state index < -0.39 is 0 Å². The number of rotatable bonds is 5. The van der Waals surface area contributed by atoms with Crippen molar-refractivity contribution in [3.05, 3.63) is 28.8 Å². The molecular formula is C11H16ClNO. The molecule has 0 bridgehead atoms. The van der Waals surface area contributed by atoms with Gasteiger partial charge in [0.05, 0.1) is 6.61 Å². The SMILES string of the molecule is CNCCCOc1cc(Cl)ccc1C. The van der Waals surface area contributed by atoms with Gasteiger partial charge in [-0.1, -0.05) is 17.7 Å². The summed E-state index contributed by atoms with van der Waals surface area (Å²) in [5, 5.41) is 3.80. The van der Waals surface area contributed by atoms with Crippen molar-refractivity contribution in [2.75, 3.05) is 20.2 Å². The minimum Gasteiger partial charge on any atom is -0.493 e. The highest BCUT2D eigenvalue weighted by molar-refractivity contribution is 6.30. The van der Waals surface area contributed by atoms with Crippen LogP contribution in [0, 0.1) is 6.92 Å². The highest BCUT2D eigenvalue weighted by Gasteiger charge is 1.99. The molecule has 1 aromatic carbocycles. The molecule has 0 aliphatic carbocycles. The number of halogens is 1. The van der Waals surface area contributed by atoms with Gasteiger partial charge < -0.3 is 10.1 Å². The maximum absolute atomic E-state index is 5.86. The summed E-state index contributed by atoms with van der Waals surface area (Å²) in [5.41, 5.74) is 1.12. The van der Waals surface area contributed by atoms with Crippen molar-refractivity contribution in [1.29, 1.82) is 0 Å². The van der Waals surface area contributed by atoms with Gasteiger partial charge in [0.1, 0.15) is 5.75 Å². The molecule has 0 unspecified atom stereocenters.